The van der Waals surface area contributed by atoms with Gasteiger partial charge in [0.2, 0.25) is 0 Å². The maximum absolute atomic E-state index is 14.0. The monoisotopic (exact) mass is 316 g/mol. The molecule has 0 radical (unpaired) electrons. The highest BCUT2D eigenvalue weighted by Crippen LogP contribution is 2.36. The van der Waals surface area contributed by atoms with E-state index in [2.05, 4.69) is 6.92 Å². The Hall–Kier alpha value is -1.07. The first-order chi connectivity index (χ1) is 10.5. The highest BCUT2D eigenvalue weighted by Gasteiger charge is 2.29. The smallest absolute Gasteiger partial charge is 0.266 e. The van der Waals surface area contributed by atoms with Crippen LogP contribution in [0.15, 0.2) is 12.1 Å². The van der Waals surface area contributed by atoms with Crippen LogP contribution in [0.5, 0.6) is 0 Å². The number of alkyl halides is 2. The summed E-state index contributed by atoms with van der Waals surface area (Å²) in [5.74, 6) is -1.00. The average molecular weight is 316 g/mol. The predicted molar refractivity (Wildman–Crippen MR) is 78.7 cm³/mol. The molecule has 0 N–H and O–H groups in total. The number of hydrogen-bond donors (Lipinski definition) is 0. The molecule has 0 spiro atoms. The van der Waals surface area contributed by atoms with Gasteiger partial charge in [-0.2, -0.15) is 0 Å². The van der Waals surface area contributed by atoms with Gasteiger partial charge in [-0.25, -0.2) is 13.2 Å². The molecular formula is C17H23F3O2. The summed E-state index contributed by atoms with van der Waals surface area (Å²) in [6.07, 6.45) is 0.255. The Morgan fingerprint density at radius 3 is 2.68 bits per heavy atom. The van der Waals surface area contributed by atoms with E-state index in [9.17, 15) is 13.2 Å². The third kappa shape index (κ3) is 4.02. The van der Waals surface area contributed by atoms with Crippen LogP contribution in [0.4, 0.5) is 13.2 Å². The zero-order valence-corrected chi connectivity index (χ0v) is 13.1. The molecule has 1 aromatic rings. The van der Waals surface area contributed by atoms with E-state index in [1.54, 1.807) is 12.1 Å². The Labute approximate surface area is 129 Å². The van der Waals surface area contributed by atoms with Crippen LogP contribution in [0.1, 0.15) is 61.6 Å². The molecule has 5 heteroatoms. The number of hydrogen-bond acceptors (Lipinski definition) is 2. The molecule has 0 amide bonds. The Balaban J connectivity index is 2.04. The summed E-state index contributed by atoms with van der Waals surface area (Å²) in [5.41, 5.74) is 0.139. The van der Waals surface area contributed by atoms with Gasteiger partial charge in [0.1, 0.15) is 5.82 Å². The number of aryl methyl sites for hydroxylation is 1. The van der Waals surface area contributed by atoms with Gasteiger partial charge < -0.3 is 9.47 Å². The summed E-state index contributed by atoms with van der Waals surface area (Å²) in [5, 5.41) is 0. The van der Waals surface area contributed by atoms with Gasteiger partial charge >= 0.3 is 0 Å². The van der Waals surface area contributed by atoms with Crippen LogP contribution in [-0.4, -0.2) is 19.5 Å². The largest absolute Gasteiger partial charge is 0.353 e. The van der Waals surface area contributed by atoms with Crippen LogP contribution in [0.2, 0.25) is 0 Å². The van der Waals surface area contributed by atoms with Crippen molar-refractivity contribution < 1.29 is 22.6 Å². The van der Waals surface area contributed by atoms with Gasteiger partial charge in [-0.15, -0.1) is 0 Å². The molecule has 1 saturated heterocycles. The predicted octanol–water partition coefficient (Wildman–Crippen LogP) is 5.11. The summed E-state index contributed by atoms with van der Waals surface area (Å²) in [6, 6.07) is 3.16. The first-order valence-corrected chi connectivity index (χ1v) is 7.84. The van der Waals surface area contributed by atoms with Crippen LogP contribution in [0.3, 0.4) is 0 Å². The molecule has 2 rings (SSSR count). The molecular weight excluding hydrogens is 293 g/mol. The van der Waals surface area contributed by atoms with E-state index >= 15 is 0 Å². The summed E-state index contributed by atoms with van der Waals surface area (Å²) in [4.78, 5) is 0. The molecule has 0 bridgehead atoms. The van der Waals surface area contributed by atoms with Crippen molar-refractivity contribution in [1.29, 1.82) is 0 Å². The zero-order valence-electron chi connectivity index (χ0n) is 13.1. The van der Waals surface area contributed by atoms with E-state index in [-0.39, 0.29) is 17.8 Å². The summed E-state index contributed by atoms with van der Waals surface area (Å²) < 4.78 is 51.6. The lowest BCUT2D eigenvalue weighted by Gasteiger charge is -2.30. The lowest BCUT2D eigenvalue weighted by atomic mass is 9.88. The molecule has 124 valence electrons. The second-order valence-corrected chi connectivity index (χ2v) is 5.76. The Morgan fingerprint density at radius 2 is 2.09 bits per heavy atom. The summed E-state index contributed by atoms with van der Waals surface area (Å²) in [7, 11) is 0. The number of halogens is 3. The molecule has 22 heavy (non-hydrogen) atoms. The first-order valence-electron chi connectivity index (χ1n) is 7.84. The molecule has 0 saturated carbocycles. The third-order valence-corrected chi connectivity index (χ3v) is 4.10. The van der Waals surface area contributed by atoms with Gasteiger partial charge in [0.05, 0.1) is 12.2 Å². The van der Waals surface area contributed by atoms with Crippen molar-refractivity contribution in [2.24, 2.45) is 0 Å². The average Bonchev–Trinajstić information content (AvgIpc) is 2.50. The zero-order chi connectivity index (χ0) is 16.1. The van der Waals surface area contributed by atoms with Gasteiger partial charge in [0, 0.05) is 12.5 Å². The molecule has 1 aromatic carbocycles. The molecule has 2 nitrogen and oxygen atoms in total. The van der Waals surface area contributed by atoms with Crippen molar-refractivity contribution in [2.45, 2.75) is 58.2 Å². The molecule has 1 heterocycles. The minimum atomic E-state index is -2.81. The van der Waals surface area contributed by atoms with Gasteiger partial charge in [0.25, 0.3) is 6.43 Å². The van der Waals surface area contributed by atoms with E-state index in [0.717, 1.165) is 12.8 Å². The van der Waals surface area contributed by atoms with E-state index < -0.39 is 17.8 Å². The summed E-state index contributed by atoms with van der Waals surface area (Å²) >= 11 is 0. The maximum Gasteiger partial charge on any atom is 0.266 e. The minimum Gasteiger partial charge on any atom is -0.353 e. The van der Waals surface area contributed by atoms with Gasteiger partial charge in [-0.1, -0.05) is 25.5 Å². The van der Waals surface area contributed by atoms with Gasteiger partial charge in [-0.05, 0) is 37.3 Å². The molecule has 1 aliphatic rings. The van der Waals surface area contributed by atoms with Crippen molar-refractivity contribution in [1.82, 2.24) is 0 Å². The summed E-state index contributed by atoms with van der Waals surface area (Å²) in [6.45, 7) is 4.52. The fourth-order valence-electron chi connectivity index (χ4n) is 2.76. The fraction of sp³-hybridized carbons (Fsp3) is 0.647. The quantitative estimate of drug-likeness (QED) is 0.679. The second kappa shape index (κ2) is 7.97. The van der Waals surface area contributed by atoms with Gasteiger partial charge in [0.15, 0.2) is 6.29 Å². The maximum atomic E-state index is 14.0. The normalized spacial score (nSPS) is 22.3. The molecule has 0 aliphatic carbocycles. The Kier molecular flexibility index (Phi) is 6.26. The van der Waals surface area contributed by atoms with Crippen molar-refractivity contribution in [3.63, 3.8) is 0 Å². The van der Waals surface area contributed by atoms with Crippen LogP contribution in [-0.2, 0) is 9.47 Å². The Morgan fingerprint density at radius 1 is 1.32 bits per heavy atom. The van der Waals surface area contributed by atoms with Crippen LogP contribution in [0, 0.1) is 12.7 Å². The topological polar surface area (TPSA) is 18.5 Å². The number of unbranched alkanes of at least 4 members (excludes halogenated alkanes) is 1. The Bertz CT molecular complexity index is 483. The second-order valence-electron chi connectivity index (χ2n) is 5.76. The SMILES string of the molecule is CCCCOC1CCC(c2ccc(C)c(F)c2C(F)F)CO1. The lowest BCUT2D eigenvalue weighted by molar-refractivity contribution is -0.167. The molecule has 0 aromatic heterocycles. The lowest BCUT2D eigenvalue weighted by Crippen LogP contribution is -2.28. The van der Waals surface area contributed by atoms with E-state index in [1.807, 2.05) is 0 Å². The fourth-order valence-corrected chi connectivity index (χ4v) is 2.76. The molecule has 1 aliphatic heterocycles. The standard InChI is InChI=1S/C17H23F3O2/c1-3-4-9-21-14-8-6-12(10-22-14)13-7-5-11(2)16(18)15(13)17(19)20/h5,7,12,14,17H,3-4,6,8-10H2,1-2H3. The number of rotatable bonds is 6. The highest BCUT2D eigenvalue weighted by atomic mass is 19.3. The van der Waals surface area contributed by atoms with Crippen LogP contribution >= 0.6 is 0 Å². The van der Waals surface area contributed by atoms with E-state index in [1.165, 1.54) is 6.92 Å². The van der Waals surface area contributed by atoms with Crippen molar-refractivity contribution in [2.75, 3.05) is 13.2 Å². The number of ether oxygens (including phenoxy) is 2. The highest BCUT2D eigenvalue weighted by molar-refractivity contribution is 5.37. The van der Waals surface area contributed by atoms with Crippen molar-refractivity contribution in [3.05, 3.63) is 34.6 Å². The van der Waals surface area contributed by atoms with Crippen molar-refractivity contribution in [3.8, 4) is 0 Å². The third-order valence-electron chi connectivity index (χ3n) is 4.10. The van der Waals surface area contributed by atoms with E-state index in [4.69, 9.17) is 9.47 Å². The molecule has 1 fully saturated rings. The van der Waals surface area contributed by atoms with E-state index in [0.29, 0.717) is 31.6 Å². The molecule has 2 atom stereocenters. The molecule has 2 unspecified atom stereocenters. The van der Waals surface area contributed by atoms with Crippen LogP contribution in [0.25, 0.3) is 0 Å². The van der Waals surface area contributed by atoms with Crippen molar-refractivity contribution >= 4 is 0 Å². The minimum absolute atomic E-state index is 0.204. The van der Waals surface area contributed by atoms with Crippen LogP contribution < -0.4 is 0 Å². The number of benzene rings is 1. The first kappa shape index (κ1) is 17.3. The van der Waals surface area contributed by atoms with Gasteiger partial charge in [-0.3, -0.25) is 0 Å².